The minimum Gasteiger partial charge on any atom is -0.441 e. The molecular formula is C15H16F5NO5S. The van der Waals surface area contributed by atoms with Crippen molar-refractivity contribution in [2.24, 2.45) is 0 Å². The molecule has 6 nitrogen and oxygen atoms in total. The average Bonchev–Trinajstić information content (AvgIpc) is 2.58. The van der Waals surface area contributed by atoms with E-state index in [0.717, 1.165) is 44.5 Å². The predicted octanol–water partition coefficient (Wildman–Crippen LogP) is 3.25. The molecule has 0 aromatic heterocycles. The van der Waals surface area contributed by atoms with E-state index in [0.29, 0.717) is 5.69 Å². The van der Waals surface area contributed by atoms with Gasteiger partial charge in [-0.05, 0) is 43.5 Å². The summed E-state index contributed by atoms with van der Waals surface area (Å²) < 4.78 is 98.5. The lowest BCUT2D eigenvalue weighted by atomic mass is 10.1. The molecule has 1 unspecified atom stereocenters. The zero-order valence-corrected chi connectivity index (χ0v) is 14.6. The van der Waals surface area contributed by atoms with Gasteiger partial charge in [0.05, 0.1) is 5.56 Å². The van der Waals surface area contributed by atoms with Crippen molar-refractivity contribution in [1.82, 2.24) is 0 Å². The summed E-state index contributed by atoms with van der Waals surface area (Å²) in [7, 11) is -6.47. The summed E-state index contributed by atoms with van der Waals surface area (Å²) in [5, 5.41) is -5.76. The maximum absolute atomic E-state index is 13.4. The van der Waals surface area contributed by atoms with Gasteiger partial charge in [-0.25, -0.2) is 4.79 Å². The van der Waals surface area contributed by atoms with Crippen LogP contribution in [0.15, 0.2) is 24.3 Å². The number of nitrogens with zero attached hydrogens (tertiary/aromatic N) is 1. The molecule has 1 heterocycles. The van der Waals surface area contributed by atoms with E-state index in [4.69, 9.17) is 4.55 Å². The first-order valence-electron chi connectivity index (χ1n) is 7.81. The molecule has 1 aromatic carbocycles. The van der Waals surface area contributed by atoms with Crippen LogP contribution in [0.5, 0.6) is 0 Å². The normalized spacial score (nSPS) is 17.5. The second kappa shape index (κ2) is 7.58. The molecule has 0 aliphatic carbocycles. The van der Waals surface area contributed by atoms with Crippen molar-refractivity contribution in [3.63, 3.8) is 0 Å². The van der Waals surface area contributed by atoms with Crippen molar-refractivity contribution in [3.05, 3.63) is 29.8 Å². The van der Waals surface area contributed by atoms with E-state index in [1.165, 1.54) is 12.1 Å². The standard InChI is InChI=1S/C15H16F5NO5S/c16-14(17,18)13(15(19,20)27(23,24)25)26-12(22)10-4-6-11(7-5-10)21-8-2-1-3-9-21/h4-7,13H,1-3,8-9H2,(H,23,24,25). The van der Waals surface area contributed by atoms with E-state index in [9.17, 15) is 35.2 Å². The highest BCUT2D eigenvalue weighted by molar-refractivity contribution is 7.86. The highest BCUT2D eigenvalue weighted by Crippen LogP contribution is 2.38. The molecule has 1 fully saturated rings. The lowest BCUT2D eigenvalue weighted by molar-refractivity contribution is -0.248. The number of carbonyl (C=O) groups is 1. The summed E-state index contributed by atoms with van der Waals surface area (Å²) >= 11 is 0. The minimum absolute atomic E-state index is 0.476. The van der Waals surface area contributed by atoms with Crippen LogP contribution in [0.25, 0.3) is 0 Å². The van der Waals surface area contributed by atoms with Crippen LogP contribution in [-0.2, 0) is 14.9 Å². The molecule has 1 N–H and O–H groups in total. The second-order valence-electron chi connectivity index (χ2n) is 5.96. The Hall–Kier alpha value is -1.95. The molecule has 1 saturated heterocycles. The fourth-order valence-corrected chi connectivity index (χ4v) is 3.05. The van der Waals surface area contributed by atoms with E-state index in [1.807, 2.05) is 4.90 Å². The molecule has 12 heteroatoms. The maximum Gasteiger partial charge on any atom is 0.432 e. The number of hydrogen-bond donors (Lipinski definition) is 1. The molecule has 0 radical (unpaired) electrons. The fourth-order valence-electron chi connectivity index (χ4n) is 2.60. The summed E-state index contributed by atoms with van der Waals surface area (Å²) in [6.45, 7) is 1.53. The van der Waals surface area contributed by atoms with Gasteiger partial charge < -0.3 is 9.64 Å². The molecule has 1 aromatic rings. The molecule has 0 spiro atoms. The fraction of sp³-hybridized carbons (Fsp3) is 0.533. The third kappa shape index (κ3) is 4.86. The van der Waals surface area contributed by atoms with Crippen molar-refractivity contribution < 1.29 is 44.5 Å². The van der Waals surface area contributed by atoms with Crippen molar-refractivity contribution >= 4 is 21.8 Å². The highest BCUT2D eigenvalue weighted by Gasteiger charge is 2.66. The first-order valence-corrected chi connectivity index (χ1v) is 9.25. The molecule has 1 atom stereocenters. The lowest BCUT2D eigenvalue weighted by Crippen LogP contribution is -2.52. The highest BCUT2D eigenvalue weighted by atomic mass is 32.2. The predicted molar refractivity (Wildman–Crippen MR) is 84.3 cm³/mol. The van der Waals surface area contributed by atoms with Crippen LogP contribution in [-0.4, -0.2) is 49.6 Å². The van der Waals surface area contributed by atoms with Crippen LogP contribution in [0.1, 0.15) is 29.6 Å². The van der Waals surface area contributed by atoms with Crippen LogP contribution >= 0.6 is 0 Å². The summed E-state index contributed by atoms with van der Waals surface area (Å²) in [4.78, 5) is 13.8. The van der Waals surface area contributed by atoms with Crippen molar-refractivity contribution in [1.29, 1.82) is 0 Å². The van der Waals surface area contributed by atoms with Gasteiger partial charge in [0.15, 0.2) is 0 Å². The monoisotopic (exact) mass is 417 g/mol. The first-order chi connectivity index (χ1) is 12.3. The van der Waals surface area contributed by atoms with Crippen LogP contribution in [0.4, 0.5) is 27.6 Å². The van der Waals surface area contributed by atoms with E-state index in [1.54, 1.807) is 0 Å². The molecule has 0 bridgehead atoms. The summed E-state index contributed by atoms with van der Waals surface area (Å²) in [6.07, 6.45) is -7.29. The third-order valence-electron chi connectivity index (χ3n) is 4.00. The largest absolute Gasteiger partial charge is 0.441 e. The Labute approximate surface area is 151 Å². The Morgan fingerprint density at radius 1 is 1.04 bits per heavy atom. The number of alkyl halides is 5. The molecule has 1 aliphatic heterocycles. The summed E-state index contributed by atoms with van der Waals surface area (Å²) in [6, 6.07) is 5.02. The maximum atomic E-state index is 13.4. The second-order valence-corrected chi connectivity index (χ2v) is 7.45. The van der Waals surface area contributed by atoms with Gasteiger partial charge >= 0.3 is 27.5 Å². The summed E-state index contributed by atoms with van der Waals surface area (Å²) in [5.74, 6) is -1.80. The molecule has 27 heavy (non-hydrogen) atoms. The van der Waals surface area contributed by atoms with Crippen molar-refractivity contribution in [2.45, 2.75) is 36.8 Å². The van der Waals surface area contributed by atoms with Gasteiger partial charge in [0, 0.05) is 18.8 Å². The minimum atomic E-state index is -6.47. The Morgan fingerprint density at radius 2 is 1.56 bits per heavy atom. The molecule has 2 rings (SSSR count). The third-order valence-corrected chi connectivity index (χ3v) is 4.90. The lowest BCUT2D eigenvalue weighted by Gasteiger charge is -2.29. The van der Waals surface area contributed by atoms with Gasteiger partial charge in [-0.15, -0.1) is 0 Å². The Kier molecular flexibility index (Phi) is 6.00. The number of esters is 1. The Bertz CT molecular complexity index is 773. The zero-order valence-electron chi connectivity index (χ0n) is 13.7. The quantitative estimate of drug-likeness (QED) is 0.450. The molecule has 0 amide bonds. The van der Waals surface area contributed by atoms with Gasteiger partial charge in [0.25, 0.3) is 6.10 Å². The topological polar surface area (TPSA) is 83.9 Å². The first kappa shape index (κ1) is 21.4. The molecular weight excluding hydrogens is 401 g/mol. The van der Waals surface area contributed by atoms with E-state index in [-0.39, 0.29) is 0 Å². The number of halogens is 5. The van der Waals surface area contributed by atoms with Crippen LogP contribution < -0.4 is 4.90 Å². The van der Waals surface area contributed by atoms with Crippen LogP contribution in [0.2, 0.25) is 0 Å². The number of piperidine rings is 1. The van der Waals surface area contributed by atoms with Crippen LogP contribution in [0, 0.1) is 0 Å². The SMILES string of the molecule is O=C(OC(C(F)(F)F)C(F)(F)S(=O)(=O)O)c1ccc(N2CCCCC2)cc1. The van der Waals surface area contributed by atoms with Gasteiger partial charge in [-0.2, -0.15) is 30.4 Å². The number of carbonyl (C=O) groups excluding carboxylic acids is 1. The van der Waals surface area contributed by atoms with Crippen LogP contribution in [0.3, 0.4) is 0 Å². The number of ether oxygens (including phenoxy) is 1. The number of anilines is 1. The Morgan fingerprint density at radius 3 is 2.00 bits per heavy atom. The molecule has 0 saturated carbocycles. The molecule has 152 valence electrons. The Balaban J connectivity index is 2.20. The average molecular weight is 417 g/mol. The van der Waals surface area contributed by atoms with E-state index < -0.39 is 39.2 Å². The van der Waals surface area contributed by atoms with E-state index in [2.05, 4.69) is 4.74 Å². The van der Waals surface area contributed by atoms with Gasteiger partial charge in [0.1, 0.15) is 0 Å². The number of rotatable bonds is 5. The zero-order chi connectivity index (χ0) is 20.5. The van der Waals surface area contributed by atoms with Gasteiger partial charge in [-0.1, -0.05) is 0 Å². The smallest absolute Gasteiger partial charge is 0.432 e. The summed E-state index contributed by atoms with van der Waals surface area (Å²) in [5.41, 5.74) is 0.220. The number of hydrogen-bond acceptors (Lipinski definition) is 5. The van der Waals surface area contributed by atoms with Crippen molar-refractivity contribution in [2.75, 3.05) is 18.0 Å². The van der Waals surface area contributed by atoms with Crippen molar-refractivity contribution in [3.8, 4) is 0 Å². The van der Waals surface area contributed by atoms with E-state index >= 15 is 0 Å². The van der Waals surface area contributed by atoms with Gasteiger partial charge in [0.2, 0.25) is 0 Å². The number of benzene rings is 1. The molecule has 1 aliphatic rings. The van der Waals surface area contributed by atoms with Gasteiger partial charge in [-0.3, -0.25) is 4.55 Å².